The van der Waals surface area contributed by atoms with Gasteiger partial charge in [-0.25, -0.2) is 19.2 Å². The summed E-state index contributed by atoms with van der Waals surface area (Å²) in [7, 11) is 0. The van der Waals surface area contributed by atoms with Gasteiger partial charge in [0.1, 0.15) is 30.5 Å². The molecule has 3 atom stereocenters. The SMILES string of the molecule is C=C(F)C(=O)OCCOCCOc1ccc(C(=O)Oc2ccc3cc(C(=O)OCCc4ccc(OC(=O)c5ccc(CCCCOC(=O)C6CC7C=CC6C7)cc5)cc4)ccc3c2C=N)cc1. The smallest absolute Gasteiger partial charge is 0.366 e. The number of ether oxygens (including phenoxy) is 7. The molecule has 1 saturated carbocycles. The Balaban J connectivity index is 0.802. The number of halogens is 1. The molecule has 5 aromatic carbocycles. The van der Waals surface area contributed by atoms with Gasteiger partial charge in [0.15, 0.2) is 0 Å². The van der Waals surface area contributed by atoms with E-state index in [0.29, 0.717) is 63.8 Å². The van der Waals surface area contributed by atoms with Crippen molar-refractivity contribution in [3.63, 3.8) is 0 Å². The van der Waals surface area contributed by atoms with Crippen LogP contribution in [0.2, 0.25) is 0 Å². The minimum atomic E-state index is -1.18. The zero-order valence-electron chi connectivity index (χ0n) is 36.7. The van der Waals surface area contributed by atoms with Gasteiger partial charge in [-0.1, -0.05) is 55.1 Å². The fourth-order valence-corrected chi connectivity index (χ4v) is 7.94. The molecule has 2 aliphatic rings. The van der Waals surface area contributed by atoms with Gasteiger partial charge in [0, 0.05) is 18.2 Å². The van der Waals surface area contributed by atoms with Crippen molar-refractivity contribution < 1.29 is 61.5 Å². The Labute approximate surface area is 386 Å². The summed E-state index contributed by atoms with van der Waals surface area (Å²) >= 11 is 0. The van der Waals surface area contributed by atoms with E-state index in [1.165, 1.54) is 12.1 Å². The predicted octanol–water partition coefficient (Wildman–Crippen LogP) is 9.18. The van der Waals surface area contributed by atoms with E-state index >= 15 is 0 Å². The molecule has 0 aliphatic heterocycles. The lowest BCUT2D eigenvalue weighted by Crippen LogP contribution is -2.22. The minimum absolute atomic E-state index is 0.0190. The number of hydrogen-bond donors (Lipinski definition) is 1. The minimum Gasteiger partial charge on any atom is -0.491 e. The van der Waals surface area contributed by atoms with Gasteiger partial charge in [-0.15, -0.1) is 0 Å². The van der Waals surface area contributed by atoms with Gasteiger partial charge in [0.2, 0.25) is 5.83 Å². The first-order valence-corrected chi connectivity index (χ1v) is 22.1. The molecule has 13 nitrogen and oxygen atoms in total. The zero-order chi connectivity index (χ0) is 47.1. The van der Waals surface area contributed by atoms with Crippen molar-refractivity contribution in [1.29, 1.82) is 5.41 Å². The van der Waals surface area contributed by atoms with E-state index in [0.717, 1.165) is 49.4 Å². The molecule has 3 unspecified atom stereocenters. The van der Waals surface area contributed by atoms with Gasteiger partial charge >= 0.3 is 29.8 Å². The topological polar surface area (TPSA) is 174 Å². The number of benzene rings is 5. The maximum absolute atomic E-state index is 13.0. The average Bonchev–Trinajstić information content (AvgIpc) is 3.99. The average molecular weight is 912 g/mol. The lowest BCUT2D eigenvalue weighted by Gasteiger charge is -2.16. The number of carbonyl (C=O) groups excluding carboxylic acids is 5. The summed E-state index contributed by atoms with van der Waals surface area (Å²) in [6.07, 6.45) is 10.3. The van der Waals surface area contributed by atoms with Crippen LogP contribution in [0.1, 0.15) is 73.4 Å². The third-order valence-corrected chi connectivity index (χ3v) is 11.5. The van der Waals surface area contributed by atoms with Gasteiger partial charge in [-0.3, -0.25) is 4.79 Å². The fraction of sp³-hybridized carbons (Fsp3) is 0.283. The third kappa shape index (κ3) is 13.1. The molecule has 0 amide bonds. The highest BCUT2D eigenvalue weighted by Gasteiger charge is 2.40. The molecule has 67 heavy (non-hydrogen) atoms. The number of allylic oxidation sites excluding steroid dienone is 2. The van der Waals surface area contributed by atoms with E-state index in [1.807, 2.05) is 12.1 Å². The molecule has 5 aromatic rings. The third-order valence-electron chi connectivity index (χ3n) is 11.5. The molecular formula is C53H50FNO12. The van der Waals surface area contributed by atoms with Crippen LogP contribution in [0.15, 0.2) is 128 Å². The summed E-state index contributed by atoms with van der Waals surface area (Å²) in [5.74, 6) is -2.11. The Morgan fingerprint density at radius 2 is 1.30 bits per heavy atom. The van der Waals surface area contributed by atoms with Crippen LogP contribution in [0, 0.1) is 23.2 Å². The number of carbonyl (C=O) groups is 5. The van der Waals surface area contributed by atoms with E-state index in [-0.39, 0.29) is 56.2 Å². The summed E-state index contributed by atoms with van der Waals surface area (Å²) in [5, 5.41) is 9.29. The molecule has 1 N–H and O–H groups in total. The predicted molar refractivity (Wildman–Crippen MR) is 245 cm³/mol. The first-order chi connectivity index (χ1) is 32.5. The Morgan fingerprint density at radius 3 is 2.00 bits per heavy atom. The second-order valence-electron chi connectivity index (χ2n) is 16.1. The van der Waals surface area contributed by atoms with E-state index in [1.54, 1.807) is 78.9 Å². The molecule has 0 heterocycles. The number of unbranched alkanes of at least 4 members (excludes halogenated alkanes) is 1. The van der Waals surface area contributed by atoms with Crippen molar-refractivity contribution in [3.05, 3.63) is 161 Å². The van der Waals surface area contributed by atoms with Crippen LogP contribution in [0.3, 0.4) is 0 Å². The second-order valence-corrected chi connectivity index (χ2v) is 16.1. The molecule has 7 rings (SSSR count). The first kappa shape index (κ1) is 47.5. The summed E-state index contributed by atoms with van der Waals surface area (Å²) in [5.41, 5.74) is 3.29. The summed E-state index contributed by atoms with van der Waals surface area (Å²) in [6.45, 7) is 3.66. The Bertz CT molecular complexity index is 2620. The number of esters is 5. The van der Waals surface area contributed by atoms with Gasteiger partial charge in [-0.2, -0.15) is 4.39 Å². The number of nitrogens with one attached hydrogen (secondary N) is 1. The first-order valence-electron chi connectivity index (χ1n) is 22.1. The van der Waals surface area contributed by atoms with Crippen LogP contribution >= 0.6 is 0 Å². The van der Waals surface area contributed by atoms with Crippen LogP contribution in [-0.2, 0) is 41.4 Å². The molecular weight excluding hydrogens is 862 g/mol. The monoisotopic (exact) mass is 911 g/mol. The number of fused-ring (bicyclic) bond motifs is 3. The van der Waals surface area contributed by atoms with Crippen LogP contribution in [0.25, 0.3) is 10.8 Å². The van der Waals surface area contributed by atoms with Gasteiger partial charge in [-0.05, 0) is 133 Å². The molecule has 0 aromatic heterocycles. The van der Waals surface area contributed by atoms with Crippen molar-refractivity contribution >= 4 is 46.8 Å². The molecule has 0 saturated heterocycles. The van der Waals surface area contributed by atoms with Gasteiger partial charge in [0.25, 0.3) is 0 Å². The number of rotatable bonds is 23. The quantitative estimate of drug-likeness (QED) is 0.0125. The van der Waals surface area contributed by atoms with Crippen LogP contribution < -0.4 is 14.2 Å². The van der Waals surface area contributed by atoms with Crippen molar-refractivity contribution in [2.45, 2.75) is 38.5 Å². The maximum Gasteiger partial charge on any atom is 0.366 e. The van der Waals surface area contributed by atoms with Crippen LogP contribution in [0.5, 0.6) is 17.2 Å². The molecule has 1 fully saturated rings. The summed E-state index contributed by atoms with van der Waals surface area (Å²) in [6, 6.07) is 28.7. The van der Waals surface area contributed by atoms with Crippen molar-refractivity contribution in [2.24, 2.45) is 17.8 Å². The molecule has 2 aliphatic carbocycles. The fourth-order valence-electron chi connectivity index (χ4n) is 7.94. The van der Waals surface area contributed by atoms with E-state index < -0.39 is 29.7 Å². The number of hydrogen-bond acceptors (Lipinski definition) is 13. The number of aryl methyl sites for hydroxylation is 1. The highest BCUT2D eigenvalue weighted by atomic mass is 19.1. The van der Waals surface area contributed by atoms with Crippen molar-refractivity contribution in [1.82, 2.24) is 0 Å². The molecule has 0 spiro atoms. The van der Waals surface area contributed by atoms with E-state index in [2.05, 4.69) is 23.5 Å². The lowest BCUT2D eigenvalue weighted by atomic mass is 9.94. The normalized spacial score (nSPS) is 15.7. The summed E-state index contributed by atoms with van der Waals surface area (Å²) < 4.78 is 50.4. The Hall–Kier alpha value is -7.45. The molecule has 0 radical (unpaired) electrons. The van der Waals surface area contributed by atoms with E-state index in [4.69, 9.17) is 33.8 Å². The molecule has 14 heteroatoms. The lowest BCUT2D eigenvalue weighted by molar-refractivity contribution is -0.149. The molecule has 346 valence electrons. The Morgan fingerprint density at radius 1 is 0.627 bits per heavy atom. The standard InChI is InChI=1S/C53H50FNO12/c1-34(54)49(56)65-29-27-61-26-28-62-43-19-13-39(14-20-43)52(59)67-48-22-16-41-32-42(15-21-45(41)47(48)33-55)50(57)64-25-23-36-8-17-44(18-9-36)66-51(58)38-10-5-35(6-11-38)4-2-3-24-63-53(60)46-31-37-7-12-40(46)30-37/h5-22,32-33,37,40,46,55H,1-4,23-31H2. The van der Waals surface area contributed by atoms with Gasteiger partial charge in [0.05, 0.1) is 49.0 Å². The van der Waals surface area contributed by atoms with Crippen molar-refractivity contribution in [3.8, 4) is 17.2 Å². The van der Waals surface area contributed by atoms with Gasteiger partial charge < -0.3 is 38.6 Å². The highest BCUT2D eigenvalue weighted by Crippen LogP contribution is 2.44. The maximum atomic E-state index is 13.0. The summed E-state index contributed by atoms with van der Waals surface area (Å²) in [4.78, 5) is 62.3. The van der Waals surface area contributed by atoms with Crippen molar-refractivity contribution in [2.75, 3.05) is 39.6 Å². The second kappa shape index (κ2) is 23.1. The van der Waals surface area contributed by atoms with Crippen LogP contribution in [-0.4, -0.2) is 75.7 Å². The van der Waals surface area contributed by atoms with Crippen LogP contribution in [0.4, 0.5) is 4.39 Å². The molecule has 2 bridgehead atoms. The largest absolute Gasteiger partial charge is 0.491 e. The highest BCUT2D eigenvalue weighted by molar-refractivity contribution is 6.05. The Kier molecular flexibility index (Phi) is 16.4. The zero-order valence-corrected chi connectivity index (χ0v) is 36.7. The van der Waals surface area contributed by atoms with E-state index in [9.17, 15) is 28.4 Å².